The molecule has 0 aromatic rings. The molecule has 11 nitrogen and oxygen atoms in total. The number of carbonyl (C=O) groups is 4. The average Bonchev–Trinajstić information content (AvgIpc) is 2.74. The van der Waals surface area contributed by atoms with E-state index >= 15 is 0 Å². The first-order valence-corrected chi connectivity index (χ1v) is 11.4. The molecular formula is C21H42N6O5. The van der Waals surface area contributed by atoms with E-state index in [1.807, 2.05) is 13.8 Å². The van der Waals surface area contributed by atoms with E-state index in [4.69, 9.17) is 17.2 Å². The largest absolute Gasteiger partial charge is 0.480 e. The summed E-state index contributed by atoms with van der Waals surface area (Å²) in [5.74, 6) is -2.92. The molecule has 0 bridgehead atoms. The van der Waals surface area contributed by atoms with Crippen LogP contribution in [0.3, 0.4) is 0 Å². The zero-order valence-corrected chi connectivity index (χ0v) is 19.6. The second-order valence-corrected chi connectivity index (χ2v) is 8.19. The molecule has 0 aliphatic carbocycles. The summed E-state index contributed by atoms with van der Waals surface area (Å²) in [4.78, 5) is 49.5. The standard InChI is InChI=1S/C21H42N6O5/c1-4-13(2)17(27-18(28)14(3)24)20(30)25-15(9-5-7-11-22)19(29)26-16(21(31)32)10-6-8-12-23/h13-17H,4-12,22-24H2,1-3H3,(H,25,30)(H,26,29)(H,27,28)(H,31,32). The maximum absolute atomic E-state index is 13.0. The van der Waals surface area contributed by atoms with Crippen LogP contribution in [0.25, 0.3) is 0 Å². The molecule has 11 heteroatoms. The lowest BCUT2D eigenvalue weighted by Gasteiger charge is -2.27. The Bertz CT molecular complexity index is 601. The van der Waals surface area contributed by atoms with E-state index in [1.54, 1.807) is 0 Å². The summed E-state index contributed by atoms with van der Waals surface area (Å²) in [6.07, 6.45) is 3.56. The van der Waals surface area contributed by atoms with Crippen molar-refractivity contribution in [3.05, 3.63) is 0 Å². The summed E-state index contributed by atoms with van der Waals surface area (Å²) >= 11 is 0. The summed E-state index contributed by atoms with van der Waals surface area (Å²) in [6.45, 7) is 6.07. The number of carboxylic acid groups (broad SMARTS) is 1. The zero-order valence-electron chi connectivity index (χ0n) is 19.6. The van der Waals surface area contributed by atoms with Crippen LogP contribution in [-0.4, -0.2) is 66.1 Å². The number of hydrogen-bond donors (Lipinski definition) is 7. The molecule has 0 fully saturated rings. The Morgan fingerprint density at radius 3 is 1.72 bits per heavy atom. The number of rotatable bonds is 17. The minimum Gasteiger partial charge on any atom is -0.480 e. The molecule has 0 aromatic heterocycles. The average molecular weight is 459 g/mol. The predicted octanol–water partition coefficient (Wildman–Crippen LogP) is -0.823. The number of carboxylic acids is 1. The molecule has 10 N–H and O–H groups in total. The van der Waals surface area contributed by atoms with Gasteiger partial charge in [0.1, 0.15) is 18.1 Å². The highest BCUT2D eigenvalue weighted by Crippen LogP contribution is 2.11. The molecule has 0 aliphatic heterocycles. The molecule has 186 valence electrons. The van der Waals surface area contributed by atoms with E-state index in [1.165, 1.54) is 6.92 Å². The fraction of sp³-hybridized carbons (Fsp3) is 0.810. The molecule has 0 heterocycles. The third-order valence-electron chi connectivity index (χ3n) is 5.35. The minimum atomic E-state index is -1.15. The van der Waals surface area contributed by atoms with Crippen LogP contribution in [0.2, 0.25) is 0 Å². The van der Waals surface area contributed by atoms with Crippen molar-refractivity contribution in [3.63, 3.8) is 0 Å². The maximum atomic E-state index is 13.0. The minimum absolute atomic E-state index is 0.200. The predicted molar refractivity (Wildman–Crippen MR) is 122 cm³/mol. The summed E-state index contributed by atoms with van der Waals surface area (Å²) in [7, 11) is 0. The van der Waals surface area contributed by atoms with Crippen molar-refractivity contribution < 1.29 is 24.3 Å². The molecule has 0 radical (unpaired) electrons. The van der Waals surface area contributed by atoms with Gasteiger partial charge in [0, 0.05) is 0 Å². The molecule has 5 atom stereocenters. The van der Waals surface area contributed by atoms with Gasteiger partial charge in [-0.15, -0.1) is 0 Å². The van der Waals surface area contributed by atoms with Crippen molar-refractivity contribution in [3.8, 4) is 0 Å². The first kappa shape index (κ1) is 29.8. The number of nitrogens with two attached hydrogens (primary N) is 3. The molecule has 0 saturated carbocycles. The van der Waals surface area contributed by atoms with Gasteiger partial charge < -0.3 is 38.3 Å². The first-order valence-electron chi connectivity index (χ1n) is 11.4. The number of nitrogens with one attached hydrogen (secondary N) is 3. The topological polar surface area (TPSA) is 203 Å². The van der Waals surface area contributed by atoms with Crippen molar-refractivity contribution in [1.82, 2.24) is 16.0 Å². The van der Waals surface area contributed by atoms with Gasteiger partial charge in [0.2, 0.25) is 17.7 Å². The Kier molecular flexibility index (Phi) is 15.3. The molecular weight excluding hydrogens is 416 g/mol. The summed E-state index contributed by atoms with van der Waals surface area (Å²) < 4.78 is 0. The highest BCUT2D eigenvalue weighted by atomic mass is 16.4. The highest BCUT2D eigenvalue weighted by Gasteiger charge is 2.31. The van der Waals surface area contributed by atoms with E-state index in [0.29, 0.717) is 51.6 Å². The van der Waals surface area contributed by atoms with Crippen molar-refractivity contribution in [2.45, 2.75) is 89.9 Å². The van der Waals surface area contributed by atoms with Gasteiger partial charge in [-0.1, -0.05) is 20.3 Å². The van der Waals surface area contributed by atoms with E-state index in [2.05, 4.69) is 16.0 Å². The molecule has 32 heavy (non-hydrogen) atoms. The molecule has 0 aliphatic rings. The number of aliphatic carboxylic acids is 1. The van der Waals surface area contributed by atoms with Crippen molar-refractivity contribution in [2.24, 2.45) is 23.1 Å². The van der Waals surface area contributed by atoms with Crippen LogP contribution in [0.1, 0.15) is 65.7 Å². The van der Waals surface area contributed by atoms with E-state index in [9.17, 15) is 24.3 Å². The lowest BCUT2D eigenvalue weighted by atomic mass is 9.97. The van der Waals surface area contributed by atoms with E-state index in [-0.39, 0.29) is 12.3 Å². The third-order valence-corrected chi connectivity index (χ3v) is 5.35. The van der Waals surface area contributed by atoms with Crippen molar-refractivity contribution in [2.75, 3.05) is 13.1 Å². The lowest BCUT2D eigenvalue weighted by molar-refractivity contribution is -0.142. The number of unbranched alkanes of at least 4 members (excludes halogenated alkanes) is 2. The van der Waals surface area contributed by atoms with Crippen LogP contribution >= 0.6 is 0 Å². The van der Waals surface area contributed by atoms with Crippen LogP contribution in [0, 0.1) is 5.92 Å². The van der Waals surface area contributed by atoms with Crippen molar-refractivity contribution >= 4 is 23.7 Å². The Hall–Kier alpha value is -2.24. The van der Waals surface area contributed by atoms with Gasteiger partial charge in [-0.2, -0.15) is 0 Å². The number of carbonyl (C=O) groups excluding carboxylic acids is 3. The molecule has 0 rings (SSSR count). The Morgan fingerprint density at radius 1 is 0.781 bits per heavy atom. The summed E-state index contributed by atoms with van der Waals surface area (Å²) in [5.41, 5.74) is 16.6. The highest BCUT2D eigenvalue weighted by molar-refractivity contribution is 5.94. The Balaban J connectivity index is 5.42. The first-order chi connectivity index (χ1) is 15.1. The monoisotopic (exact) mass is 458 g/mol. The van der Waals surface area contributed by atoms with E-state index in [0.717, 1.165) is 0 Å². The van der Waals surface area contributed by atoms with Crippen LogP contribution in [0.5, 0.6) is 0 Å². The van der Waals surface area contributed by atoms with Crippen LogP contribution in [0.4, 0.5) is 0 Å². The molecule has 0 spiro atoms. The van der Waals surface area contributed by atoms with Gasteiger partial charge >= 0.3 is 5.97 Å². The fourth-order valence-electron chi connectivity index (χ4n) is 3.03. The van der Waals surface area contributed by atoms with Crippen LogP contribution in [0.15, 0.2) is 0 Å². The molecule has 0 saturated heterocycles. The number of amides is 3. The Morgan fingerprint density at radius 2 is 1.28 bits per heavy atom. The van der Waals surface area contributed by atoms with Gasteiger partial charge in [0.25, 0.3) is 0 Å². The molecule has 0 aromatic carbocycles. The van der Waals surface area contributed by atoms with E-state index < -0.39 is 47.9 Å². The smallest absolute Gasteiger partial charge is 0.326 e. The molecule has 5 unspecified atom stereocenters. The quantitative estimate of drug-likeness (QED) is 0.137. The summed E-state index contributed by atoms with van der Waals surface area (Å²) in [5, 5.41) is 17.3. The second-order valence-electron chi connectivity index (χ2n) is 8.19. The second kappa shape index (κ2) is 16.4. The van der Waals surface area contributed by atoms with Gasteiger partial charge in [-0.3, -0.25) is 14.4 Å². The SMILES string of the molecule is CCC(C)C(NC(=O)C(C)N)C(=O)NC(CCCCN)C(=O)NC(CCCCN)C(=O)O. The zero-order chi connectivity index (χ0) is 24.7. The normalized spacial score (nSPS) is 15.7. The Labute approximate surface area is 190 Å². The van der Waals surface area contributed by atoms with Gasteiger partial charge in [-0.25, -0.2) is 4.79 Å². The summed E-state index contributed by atoms with van der Waals surface area (Å²) in [6, 6.07) is -3.69. The van der Waals surface area contributed by atoms with Gasteiger partial charge in [0.05, 0.1) is 6.04 Å². The maximum Gasteiger partial charge on any atom is 0.326 e. The lowest BCUT2D eigenvalue weighted by Crippen LogP contribution is -2.58. The van der Waals surface area contributed by atoms with Crippen LogP contribution < -0.4 is 33.2 Å². The van der Waals surface area contributed by atoms with Gasteiger partial charge in [-0.05, 0) is 64.5 Å². The number of hydrogen-bond acceptors (Lipinski definition) is 7. The fourth-order valence-corrected chi connectivity index (χ4v) is 3.03. The molecule has 3 amide bonds. The van der Waals surface area contributed by atoms with Crippen LogP contribution in [-0.2, 0) is 19.2 Å². The van der Waals surface area contributed by atoms with Crippen molar-refractivity contribution in [1.29, 1.82) is 0 Å². The third kappa shape index (κ3) is 11.4. The van der Waals surface area contributed by atoms with Gasteiger partial charge in [0.15, 0.2) is 0 Å².